The maximum atomic E-state index is 13.3. The topological polar surface area (TPSA) is 46.6 Å². The molecule has 30 heavy (non-hydrogen) atoms. The number of nitrogens with zero attached hydrogens (tertiary/aromatic N) is 1. The molecule has 2 aromatic carbocycles. The van der Waals surface area contributed by atoms with Crippen molar-refractivity contribution in [2.45, 2.75) is 40.0 Å². The van der Waals surface area contributed by atoms with Crippen molar-refractivity contribution in [3.8, 4) is 11.5 Å². The van der Waals surface area contributed by atoms with Gasteiger partial charge in [-0.25, -0.2) is 4.90 Å². The van der Waals surface area contributed by atoms with E-state index in [0.29, 0.717) is 17.4 Å². The Morgan fingerprint density at radius 1 is 1.07 bits per heavy atom. The highest BCUT2D eigenvalue weighted by Crippen LogP contribution is 2.60. The normalized spacial score (nSPS) is 29.2. The number of amides is 2. The SMILES string of the molecule is Cc1ccc(C(C)C)c(Oc2ccc(N3C(=O)[C@@H]4[C@H]5C=C[C@@H](C5)[C@@]4(C)C3=O)cc2)c1. The summed E-state index contributed by atoms with van der Waals surface area (Å²) in [6, 6.07) is 13.5. The Bertz CT molecular complexity index is 1070. The number of hydrogen-bond acceptors (Lipinski definition) is 3. The van der Waals surface area contributed by atoms with E-state index in [1.165, 1.54) is 4.90 Å². The number of ether oxygens (including phenoxy) is 1. The number of carbonyl (C=O) groups is 2. The molecular weight excluding hydrogens is 374 g/mol. The molecule has 0 spiro atoms. The molecule has 3 aliphatic rings. The molecule has 1 aliphatic heterocycles. The minimum Gasteiger partial charge on any atom is -0.457 e. The lowest BCUT2D eigenvalue weighted by atomic mass is 9.71. The lowest BCUT2D eigenvalue weighted by Crippen LogP contribution is -2.37. The first kappa shape index (κ1) is 19.1. The molecule has 4 atom stereocenters. The highest BCUT2D eigenvalue weighted by molar-refractivity contribution is 6.24. The molecular formula is C26H27NO3. The van der Waals surface area contributed by atoms with Gasteiger partial charge in [0.05, 0.1) is 17.0 Å². The molecule has 1 saturated carbocycles. The summed E-state index contributed by atoms with van der Waals surface area (Å²) < 4.78 is 6.16. The molecule has 0 N–H and O–H groups in total. The third kappa shape index (κ3) is 2.59. The number of fused-ring (bicyclic) bond motifs is 5. The van der Waals surface area contributed by atoms with Gasteiger partial charge < -0.3 is 4.74 Å². The summed E-state index contributed by atoms with van der Waals surface area (Å²) in [6.07, 6.45) is 5.17. The average molecular weight is 402 g/mol. The van der Waals surface area contributed by atoms with E-state index in [-0.39, 0.29) is 29.6 Å². The molecule has 1 heterocycles. The van der Waals surface area contributed by atoms with Gasteiger partial charge in [-0.15, -0.1) is 0 Å². The average Bonchev–Trinajstić information content (AvgIpc) is 3.34. The van der Waals surface area contributed by atoms with E-state index in [1.54, 1.807) is 0 Å². The van der Waals surface area contributed by atoms with Crippen LogP contribution in [0.2, 0.25) is 0 Å². The van der Waals surface area contributed by atoms with Gasteiger partial charge in [0.2, 0.25) is 11.8 Å². The molecule has 4 nitrogen and oxygen atoms in total. The van der Waals surface area contributed by atoms with E-state index in [0.717, 1.165) is 23.3 Å². The van der Waals surface area contributed by atoms with Crippen molar-refractivity contribution < 1.29 is 14.3 Å². The van der Waals surface area contributed by atoms with Crippen LogP contribution in [0.1, 0.15) is 44.2 Å². The third-order valence-electron chi connectivity index (χ3n) is 7.23. The molecule has 1 saturated heterocycles. The van der Waals surface area contributed by atoms with Crippen LogP contribution in [0.25, 0.3) is 0 Å². The van der Waals surface area contributed by atoms with E-state index in [2.05, 4.69) is 38.1 Å². The second kappa shape index (κ2) is 6.56. The molecule has 2 amide bonds. The van der Waals surface area contributed by atoms with Crippen LogP contribution >= 0.6 is 0 Å². The monoisotopic (exact) mass is 401 g/mol. The van der Waals surface area contributed by atoms with Crippen LogP contribution < -0.4 is 9.64 Å². The first-order chi connectivity index (χ1) is 14.3. The number of hydrogen-bond donors (Lipinski definition) is 0. The van der Waals surface area contributed by atoms with Gasteiger partial charge in [0.25, 0.3) is 0 Å². The lowest BCUT2D eigenvalue weighted by molar-refractivity contribution is -0.127. The summed E-state index contributed by atoms with van der Waals surface area (Å²) in [5.41, 5.74) is 2.32. The predicted octanol–water partition coefficient (Wildman–Crippen LogP) is 5.61. The fourth-order valence-corrected chi connectivity index (χ4v) is 5.55. The summed E-state index contributed by atoms with van der Waals surface area (Å²) in [7, 11) is 0. The number of carbonyl (C=O) groups excluding carboxylic acids is 2. The molecule has 2 aromatic rings. The summed E-state index contributed by atoms with van der Waals surface area (Å²) in [6.45, 7) is 8.30. The Balaban J connectivity index is 1.41. The van der Waals surface area contributed by atoms with Crippen LogP contribution in [-0.2, 0) is 9.59 Å². The smallest absolute Gasteiger partial charge is 0.241 e. The summed E-state index contributed by atoms with van der Waals surface area (Å²) in [5.74, 6) is 1.90. The van der Waals surface area contributed by atoms with Gasteiger partial charge >= 0.3 is 0 Å². The predicted molar refractivity (Wildman–Crippen MR) is 117 cm³/mol. The van der Waals surface area contributed by atoms with Gasteiger partial charge in [-0.1, -0.05) is 38.1 Å². The van der Waals surface area contributed by atoms with E-state index in [9.17, 15) is 9.59 Å². The van der Waals surface area contributed by atoms with Crippen LogP contribution in [0, 0.1) is 30.1 Å². The number of benzene rings is 2. The Labute approximate surface area is 177 Å². The van der Waals surface area contributed by atoms with Crippen molar-refractivity contribution in [2.24, 2.45) is 23.2 Å². The van der Waals surface area contributed by atoms with Gasteiger partial charge in [-0.3, -0.25) is 9.59 Å². The molecule has 5 rings (SSSR count). The van der Waals surface area contributed by atoms with E-state index in [4.69, 9.17) is 4.74 Å². The largest absolute Gasteiger partial charge is 0.457 e. The highest BCUT2D eigenvalue weighted by atomic mass is 16.5. The lowest BCUT2D eigenvalue weighted by Gasteiger charge is -2.28. The van der Waals surface area contributed by atoms with Crippen LogP contribution in [0.4, 0.5) is 5.69 Å². The highest BCUT2D eigenvalue weighted by Gasteiger charge is 2.67. The zero-order chi connectivity index (χ0) is 21.2. The number of allylic oxidation sites excluding steroid dienone is 2. The van der Waals surface area contributed by atoms with E-state index < -0.39 is 5.41 Å². The first-order valence-corrected chi connectivity index (χ1v) is 10.8. The van der Waals surface area contributed by atoms with Crippen molar-refractivity contribution in [2.75, 3.05) is 4.90 Å². The van der Waals surface area contributed by atoms with Gasteiger partial charge in [-0.2, -0.15) is 0 Å². The van der Waals surface area contributed by atoms with Crippen molar-refractivity contribution >= 4 is 17.5 Å². The molecule has 0 radical (unpaired) electrons. The summed E-state index contributed by atoms with van der Waals surface area (Å²) in [5, 5.41) is 0. The number of aryl methyl sites for hydroxylation is 1. The minimum atomic E-state index is -0.598. The van der Waals surface area contributed by atoms with Gasteiger partial charge in [0.1, 0.15) is 11.5 Å². The minimum absolute atomic E-state index is 0.0613. The number of imide groups is 1. The summed E-state index contributed by atoms with van der Waals surface area (Å²) >= 11 is 0. The fourth-order valence-electron chi connectivity index (χ4n) is 5.55. The van der Waals surface area contributed by atoms with Gasteiger partial charge in [0, 0.05) is 0 Å². The molecule has 2 bridgehead atoms. The zero-order valence-corrected chi connectivity index (χ0v) is 17.9. The molecule has 154 valence electrons. The number of anilines is 1. The van der Waals surface area contributed by atoms with Gasteiger partial charge in [-0.05, 0) is 79.5 Å². The molecule has 2 fully saturated rings. The maximum absolute atomic E-state index is 13.3. The Morgan fingerprint density at radius 2 is 1.80 bits per heavy atom. The second-order valence-corrected chi connectivity index (χ2v) is 9.42. The van der Waals surface area contributed by atoms with E-state index >= 15 is 0 Å². The van der Waals surface area contributed by atoms with Crippen LogP contribution in [0.15, 0.2) is 54.6 Å². The maximum Gasteiger partial charge on any atom is 0.241 e. The third-order valence-corrected chi connectivity index (χ3v) is 7.23. The van der Waals surface area contributed by atoms with Crippen molar-refractivity contribution in [1.29, 1.82) is 0 Å². The van der Waals surface area contributed by atoms with Crippen molar-refractivity contribution in [3.63, 3.8) is 0 Å². The van der Waals surface area contributed by atoms with Crippen molar-refractivity contribution in [3.05, 3.63) is 65.7 Å². The Morgan fingerprint density at radius 3 is 2.47 bits per heavy atom. The second-order valence-electron chi connectivity index (χ2n) is 9.42. The van der Waals surface area contributed by atoms with E-state index in [1.807, 2.05) is 44.2 Å². The molecule has 0 aromatic heterocycles. The van der Waals surface area contributed by atoms with Crippen molar-refractivity contribution in [1.82, 2.24) is 0 Å². The number of rotatable bonds is 4. The summed E-state index contributed by atoms with van der Waals surface area (Å²) in [4.78, 5) is 27.8. The molecule has 0 unspecified atom stereocenters. The van der Waals surface area contributed by atoms with Crippen LogP contribution in [0.3, 0.4) is 0 Å². The molecule has 4 heteroatoms. The Kier molecular flexibility index (Phi) is 4.18. The van der Waals surface area contributed by atoms with Crippen LogP contribution in [0.5, 0.6) is 11.5 Å². The molecule has 2 aliphatic carbocycles. The Hall–Kier alpha value is -2.88. The van der Waals surface area contributed by atoms with Crippen LogP contribution in [-0.4, -0.2) is 11.8 Å². The quantitative estimate of drug-likeness (QED) is 0.494. The fraction of sp³-hybridized carbons (Fsp3) is 0.385. The zero-order valence-electron chi connectivity index (χ0n) is 17.9. The standard InChI is InChI=1S/C26H27NO3/c1-15(2)21-12-5-16(3)13-22(21)30-20-10-8-19(9-11-20)27-24(28)23-17-6-7-18(14-17)26(23,4)25(27)29/h5-13,15,17-18,23H,14H2,1-4H3/t17-,18-,23-,26+/m0/s1. The van der Waals surface area contributed by atoms with Gasteiger partial charge in [0.15, 0.2) is 0 Å². The first-order valence-electron chi connectivity index (χ1n) is 10.8.